The topological polar surface area (TPSA) is 57.5 Å². The lowest BCUT2D eigenvalue weighted by Crippen LogP contribution is -1.97. The molecule has 0 amide bonds. The largest absolute Gasteiger partial charge is 0.506 e. The second kappa shape index (κ2) is 4.66. The molecule has 0 aliphatic heterocycles. The summed E-state index contributed by atoms with van der Waals surface area (Å²) in [6, 6.07) is 3.33. The van der Waals surface area contributed by atoms with Crippen molar-refractivity contribution in [3.8, 4) is 5.75 Å². The first-order valence-electron chi connectivity index (χ1n) is 3.90. The fourth-order valence-electron chi connectivity index (χ4n) is 1.02. The van der Waals surface area contributed by atoms with Gasteiger partial charge in [0.1, 0.15) is 5.75 Å². The van der Waals surface area contributed by atoms with Gasteiger partial charge in [0.25, 0.3) is 0 Å². The summed E-state index contributed by atoms with van der Waals surface area (Å²) in [6.45, 7) is 0. The summed E-state index contributed by atoms with van der Waals surface area (Å²) in [6.07, 6.45) is 0.250. The molecular weight excluding hydrogens is 271 g/mol. The predicted molar refractivity (Wildman–Crippen MR) is 56.8 cm³/mol. The Hall–Kier alpha value is -0.740. The molecule has 0 aliphatic carbocycles. The standard InChI is InChI=1S/C9H8BrClO3/c10-6-3-1-5(2-4-7(12)13)9(14)8(6)11/h1,3,14H,2,4H2,(H,12,13). The first-order valence-corrected chi connectivity index (χ1v) is 5.07. The zero-order valence-corrected chi connectivity index (χ0v) is 9.47. The average molecular weight is 280 g/mol. The van der Waals surface area contributed by atoms with E-state index in [4.69, 9.17) is 16.7 Å². The van der Waals surface area contributed by atoms with E-state index in [1.807, 2.05) is 0 Å². The third-order valence-electron chi connectivity index (χ3n) is 1.76. The van der Waals surface area contributed by atoms with E-state index in [2.05, 4.69) is 15.9 Å². The van der Waals surface area contributed by atoms with Crippen molar-refractivity contribution in [1.29, 1.82) is 0 Å². The van der Waals surface area contributed by atoms with E-state index in [1.54, 1.807) is 12.1 Å². The van der Waals surface area contributed by atoms with E-state index in [1.165, 1.54) is 0 Å². The van der Waals surface area contributed by atoms with Crippen LogP contribution >= 0.6 is 27.5 Å². The monoisotopic (exact) mass is 278 g/mol. The zero-order chi connectivity index (χ0) is 10.7. The fraction of sp³-hybridized carbons (Fsp3) is 0.222. The lowest BCUT2D eigenvalue weighted by molar-refractivity contribution is -0.136. The molecule has 0 radical (unpaired) electrons. The Bertz CT molecular complexity index is 365. The summed E-state index contributed by atoms with van der Waals surface area (Å²) in [5.41, 5.74) is 0.542. The number of benzene rings is 1. The lowest BCUT2D eigenvalue weighted by atomic mass is 10.1. The van der Waals surface area contributed by atoms with Crippen LogP contribution in [0.4, 0.5) is 0 Å². The zero-order valence-electron chi connectivity index (χ0n) is 7.13. The van der Waals surface area contributed by atoms with Gasteiger partial charge in [0.05, 0.1) is 5.02 Å². The Labute approximate surface area is 94.4 Å². The number of carboxylic acids is 1. The molecule has 5 heteroatoms. The van der Waals surface area contributed by atoms with Crippen molar-refractivity contribution in [3.63, 3.8) is 0 Å². The van der Waals surface area contributed by atoms with Gasteiger partial charge >= 0.3 is 5.97 Å². The van der Waals surface area contributed by atoms with Crippen molar-refractivity contribution in [2.75, 3.05) is 0 Å². The Balaban J connectivity index is 2.88. The lowest BCUT2D eigenvalue weighted by Gasteiger charge is -2.05. The van der Waals surface area contributed by atoms with Crippen LogP contribution in [-0.4, -0.2) is 16.2 Å². The molecule has 2 N–H and O–H groups in total. The Morgan fingerprint density at radius 1 is 1.50 bits per heavy atom. The molecule has 0 unspecified atom stereocenters. The van der Waals surface area contributed by atoms with E-state index in [-0.39, 0.29) is 23.6 Å². The van der Waals surface area contributed by atoms with E-state index >= 15 is 0 Å². The number of hydrogen-bond acceptors (Lipinski definition) is 2. The van der Waals surface area contributed by atoms with Gasteiger partial charge in [-0.25, -0.2) is 0 Å². The van der Waals surface area contributed by atoms with Crippen LogP contribution in [0.25, 0.3) is 0 Å². The van der Waals surface area contributed by atoms with Crippen molar-refractivity contribution < 1.29 is 15.0 Å². The van der Waals surface area contributed by atoms with Crippen molar-refractivity contribution in [3.05, 3.63) is 27.2 Å². The second-order valence-corrected chi connectivity index (χ2v) is 4.00. The highest BCUT2D eigenvalue weighted by atomic mass is 79.9. The normalized spacial score (nSPS) is 10.1. The number of hydrogen-bond donors (Lipinski definition) is 2. The number of carboxylic acid groups (broad SMARTS) is 1. The summed E-state index contributed by atoms with van der Waals surface area (Å²) < 4.78 is 0.593. The highest BCUT2D eigenvalue weighted by Gasteiger charge is 2.10. The summed E-state index contributed by atoms with van der Waals surface area (Å²) in [5, 5.41) is 18.2. The molecule has 0 heterocycles. The number of halogens is 2. The minimum absolute atomic E-state index is 0.0223. The van der Waals surface area contributed by atoms with Gasteiger partial charge in [0, 0.05) is 10.9 Å². The Morgan fingerprint density at radius 3 is 2.71 bits per heavy atom. The van der Waals surface area contributed by atoms with Gasteiger partial charge in [-0.05, 0) is 34.0 Å². The van der Waals surface area contributed by atoms with Crippen molar-refractivity contribution >= 4 is 33.5 Å². The first-order chi connectivity index (χ1) is 6.52. The number of aryl methyl sites for hydroxylation is 1. The van der Waals surface area contributed by atoms with Crippen LogP contribution < -0.4 is 0 Å². The van der Waals surface area contributed by atoms with Gasteiger partial charge in [-0.1, -0.05) is 17.7 Å². The van der Waals surface area contributed by atoms with Gasteiger partial charge in [-0.15, -0.1) is 0 Å². The van der Waals surface area contributed by atoms with Gasteiger partial charge in [0.2, 0.25) is 0 Å². The average Bonchev–Trinajstić information content (AvgIpc) is 2.13. The molecule has 0 aromatic heterocycles. The van der Waals surface area contributed by atoms with Crippen LogP contribution in [-0.2, 0) is 11.2 Å². The minimum atomic E-state index is -0.900. The Morgan fingerprint density at radius 2 is 2.14 bits per heavy atom. The van der Waals surface area contributed by atoms with E-state index in [0.29, 0.717) is 10.0 Å². The van der Waals surface area contributed by atoms with Gasteiger partial charge in [-0.3, -0.25) is 4.79 Å². The number of phenols is 1. The Kier molecular flexibility index (Phi) is 3.77. The van der Waals surface area contributed by atoms with Gasteiger partial charge in [0.15, 0.2) is 0 Å². The third-order valence-corrected chi connectivity index (χ3v) is 3.03. The molecule has 0 saturated heterocycles. The maximum atomic E-state index is 10.3. The summed E-state index contributed by atoms with van der Waals surface area (Å²) in [4.78, 5) is 10.3. The summed E-state index contributed by atoms with van der Waals surface area (Å²) >= 11 is 8.91. The fourth-order valence-corrected chi connectivity index (χ4v) is 1.53. The number of aromatic hydroxyl groups is 1. The van der Waals surface area contributed by atoms with Crippen LogP contribution in [0.3, 0.4) is 0 Å². The maximum absolute atomic E-state index is 10.3. The summed E-state index contributed by atoms with van der Waals surface area (Å²) in [5.74, 6) is -0.953. The molecule has 0 aliphatic rings. The minimum Gasteiger partial charge on any atom is -0.506 e. The van der Waals surface area contributed by atoms with Crippen LogP contribution in [0.1, 0.15) is 12.0 Å². The van der Waals surface area contributed by atoms with Crippen molar-refractivity contribution in [2.24, 2.45) is 0 Å². The first kappa shape index (κ1) is 11.3. The maximum Gasteiger partial charge on any atom is 0.303 e. The smallest absolute Gasteiger partial charge is 0.303 e. The molecular formula is C9H8BrClO3. The quantitative estimate of drug-likeness (QED) is 0.894. The highest BCUT2D eigenvalue weighted by molar-refractivity contribution is 9.10. The van der Waals surface area contributed by atoms with E-state index in [0.717, 1.165) is 0 Å². The number of carbonyl (C=O) groups is 1. The van der Waals surface area contributed by atoms with Crippen LogP contribution in [0.2, 0.25) is 5.02 Å². The van der Waals surface area contributed by atoms with Crippen molar-refractivity contribution in [2.45, 2.75) is 12.8 Å². The van der Waals surface area contributed by atoms with Crippen LogP contribution in [0, 0.1) is 0 Å². The van der Waals surface area contributed by atoms with Crippen LogP contribution in [0.5, 0.6) is 5.75 Å². The van der Waals surface area contributed by atoms with Crippen molar-refractivity contribution in [1.82, 2.24) is 0 Å². The molecule has 1 rings (SSSR count). The molecule has 0 atom stereocenters. The van der Waals surface area contributed by atoms with Gasteiger partial charge < -0.3 is 10.2 Å². The molecule has 76 valence electrons. The number of aliphatic carboxylic acids is 1. The molecule has 0 fully saturated rings. The number of rotatable bonds is 3. The van der Waals surface area contributed by atoms with E-state index < -0.39 is 5.97 Å². The molecule has 0 spiro atoms. The molecule has 1 aromatic carbocycles. The molecule has 14 heavy (non-hydrogen) atoms. The molecule has 3 nitrogen and oxygen atoms in total. The SMILES string of the molecule is O=C(O)CCc1ccc(Br)c(Cl)c1O. The molecule has 1 aromatic rings. The highest BCUT2D eigenvalue weighted by Crippen LogP contribution is 2.34. The van der Waals surface area contributed by atoms with E-state index in [9.17, 15) is 9.90 Å². The second-order valence-electron chi connectivity index (χ2n) is 2.76. The van der Waals surface area contributed by atoms with Crippen LogP contribution in [0.15, 0.2) is 16.6 Å². The van der Waals surface area contributed by atoms with Gasteiger partial charge in [-0.2, -0.15) is 0 Å². The predicted octanol–water partition coefficient (Wildman–Crippen LogP) is 2.83. The molecule has 0 bridgehead atoms. The third kappa shape index (κ3) is 2.62. The summed E-state index contributed by atoms with van der Waals surface area (Å²) in [7, 11) is 0. The number of phenolic OH excluding ortho intramolecular Hbond substituents is 1. The molecule has 0 saturated carbocycles.